The highest BCUT2D eigenvalue weighted by Crippen LogP contribution is 2.08. The van der Waals surface area contributed by atoms with E-state index in [1.807, 2.05) is 6.07 Å². The average Bonchev–Trinajstić information content (AvgIpc) is 2.65. The Morgan fingerprint density at radius 2 is 2.33 bits per heavy atom. The molecular formula is C12H12N2O. The third-order valence-corrected chi connectivity index (χ3v) is 2.23. The van der Waals surface area contributed by atoms with E-state index in [1.165, 1.54) is 11.1 Å². The number of carbonyl (C=O) groups is 1. The number of rotatable bonds is 3. The molecule has 0 atom stereocenters. The van der Waals surface area contributed by atoms with Crippen LogP contribution in [0.3, 0.4) is 0 Å². The summed E-state index contributed by atoms with van der Waals surface area (Å²) in [4.78, 5) is 17.5. The molecule has 1 aromatic heterocycles. The molecule has 0 amide bonds. The summed E-state index contributed by atoms with van der Waals surface area (Å²) in [5.41, 5.74) is 2.95. The lowest BCUT2D eigenvalue weighted by molar-refractivity contribution is 0.111. The number of benzene rings is 1. The highest BCUT2D eigenvalue weighted by Gasteiger charge is 2.01. The Kier molecular flexibility index (Phi) is 2.63. The van der Waals surface area contributed by atoms with Gasteiger partial charge in [-0.3, -0.25) is 4.79 Å². The van der Waals surface area contributed by atoms with Crippen molar-refractivity contribution >= 4 is 6.29 Å². The van der Waals surface area contributed by atoms with Crippen molar-refractivity contribution in [1.29, 1.82) is 0 Å². The summed E-state index contributed by atoms with van der Waals surface area (Å²) >= 11 is 0. The molecule has 0 aliphatic rings. The minimum Gasteiger partial charge on any atom is -0.340 e. The van der Waals surface area contributed by atoms with Gasteiger partial charge < -0.3 is 4.98 Å². The molecule has 76 valence electrons. The van der Waals surface area contributed by atoms with Crippen molar-refractivity contribution in [2.75, 3.05) is 0 Å². The lowest BCUT2D eigenvalue weighted by Crippen LogP contribution is -1.91. The molecule has 0 aliphatic heterocycles. The molecule has 0 aliphatic carbocycles. The van der Waals surface area contributed by atoms with Crippen LogP contribution in [0.5, 0.6) is 0 Å². The molecule has 0 saturated carbocycles. The first-order valence-electron chi connectivity index (χ1n) is 4.82. The summed E-state index contributed by atoms with van der Waals surface area (Å²) in [6.45, 7) is 2.06. The van der Waals surface area contributed by atoms with Crippen molar-refractivity contribution in [3.63, 3.8) is 0 Å². The molecule has 15 heavy (non-hydrogen) atoms. The summed E-state index contributed by atoms with van der Waals surface area (Å²) in [6, 6.07) is 8.25. The zero-order valence-electron chi connectivity index (χ0n) is 8.53. The lowest BCUT2D eigenvalue weighted by atomic mass is 10.1. The van der Waals surface area contributed by atoms with Crippen LogP contribution < -0.4 is 0 Å². The summed E-state index contributed by atoms with van der Waals surface area (Å²) in [5.74, 6) is 0.822. The van der Waals surface area contributed by atoms with Crippen molar-refractivity contribution in [2.24, 2.45) is 0 Å². The van der Waals surface area contributed by atoms with Crippen LogP contribution in [0.1, 0.15) is 27.4 Å². The first-order valence-corrected chi connectivity index (χ1v) is 4.82. The second-order valence-electron chi connectivity index (χ2n) is 3.57. The van der Waals surface area contributed by atoms with Crippen LogP contribution in [0.4, 0.5) is 0 Å². The van der Waals surface area contributed by atoms with Gasteiger partial charge >= 0.3 is 0 Å². The Morgan fingerprint density at radius 1 is 1.47 bits per heavy atom. The number of hydrogen-bond acceptors (Lipinski definition) is 2. The fraction of sp³-hybridized carbons (Fsp3) is 0.167. The molecule has 0 spiro atoms. The Morgan fingerprint density at radius 3 is 3.00 bits per heavy atom. The van der Waals surface area contributed by atoms with Gasteiger partial charge in [-0.1, -0.05) is 29.8 Å². The predicted molar refractivity (Wildman–Crippen MR) is 58.0 cm³/mol. The van der Waals surface area contributed by atoms with Crippen molar-refractivity contribution in [1.82, 2.24) is 9.97 Å². The average molecular weight is 200 g/mol. The number of aromatic amines is 1. The van der Waals surface area contributed by atoms with E-state index in [4.69, 9.17) is 0 Å². The number of hydrogen-bond donors (Lipinski definition) is 1. The molecule has 0 fully saturated rings. The van der Waals surface area contributed by atoms with Crippen LogP contribution >= 0.6 is 0 Å². The minimum atomic E-state index is 0.526. The van der Waals surface area contributed by atoms with Crippen LogP contribution in [0.25, 0.3) is 0 Å². The van der Waals surface area contributed by atoms with E-state index in [2.05, 4.69) is 35.1 Å². The molecule has 1 heterocycles. The summed E-state index contributed by atoms with van der Waals surface area (Å²) in [7, 11) is 0. The largest absolute Gasteiger partial charge is 0.340 e. The summed E-state index contributed by atoms with van der Waals surface area (Å²) in [6.07, 6.45) is 3.06. The fourth-order valence-electron chi connectivity index (χ4n) is 1.54. The Hall–Kier alpha value is -1.90. The van der Waals surface area contributed by atoms with Gasteiger partial charge in [0.1, 0.15) is 5.82 Å². The number of H-pyrrole nitrogens is 1. The molecule has 2 rings (SSSR count). The van der Waals surface area contributed by atoms with Gasteiger partial charge in [-0.15, -0.1) is 0 Å². The van der Waals surface area contributed by atoms with E-state index in [0.29, 0.717) is 5.69 Å². The van der Waals surface area contributed by atoms with Gasteiger partial charge in [0.25, 0.3) is 0 Å². The minimum absolute atomic E-state index is 0.526. The van der Waals surface area contributed by atoms with Gasteiger partial charge in [-0.2, -0.15) is 0 Å². The number of nitrogens with one attached hydrogen (secondary N) is 1. The summed E-state index contributed by atoms with van der Waals surface area (Å²) < 4.78 is 0. The smallest absolute Gasteiger partial charge is 0.167 e. The topological polar surface area (TPSA) is 45.8 Å². The molecule has 0 saturated heterocycles. The van der Waals surface area contributed by atoms with Crippen LogP contribution in [0, 0.1) is 6.92 Å². The first-order chi connectivity index (χ1) is 7.28. The number of aryl methyl sites for hydroxylation is 1. The van der Waals surface area contributed by atoms with Gasteiger partial charge in [-0.05, 0) is 12.5 Å². The maximum atomic E-state index is 10.5. The highest BCUT2D eigenvalue weighted by molar-refractivity contribution is 5.71. The highest BCUT2D eigenvalue weighted by atomic mass is 16.1. The van der Waals surface area contributed by atoms with Gasteiger partial charge in [0.15, 0.2) is 6.29 Å². The Bertz CT molecular complexity index is 474. The van der Waals surface area contributed by atoms with Crippen molar-refractivity contribution in [3.05, 3.63) is 53.1 Å². The third kappa shape index (κ3) is 2.31. The maximum absolute atomic E-state index is 10.5. The van der Waals surface area contributed by atoms with Crippen LogP contribution in [-0.2, 0) is 6.42 Å². The van der Waals surface area contributed by atoms with Crippen molar-refractivity contribution in [2.45, 2.75) is 13.3 Å². The van der Waals surface area contributed by atoms with E-state index < -0.39 is 0 Å². The SMILES string of the molecule is Cc1cccc(Cc2ncc(C=O)[nH]2)c1. The monoisotopic (exact) mass is 200 g/mol. The molecule has 3 nitrogen and oxygen atoms in total. The van der Waals surface area contributed by atoms with Gasteiger partial charge in [0, 0.05) is 6.42 Å². The maximum Gasteiger partial charge on any atom is 0.167 e. The zero-order valence-corrected chi connectivity index (χ0v) is 8.53. The normalized spacial score (nSPS) is 10.2. The second-order valence-corrected chi connectivity index (χ2v) is 3.57. The van der Waals surface area contributed by atoms with Gasteiger partial charge in [-0.25, -0.2) is 4.98 Å². The second kappa shape index (κ2) is 4.09. The number of aromatic nitrogens is 2. The molecule has 2 aromatic rings. The predicted octanol–water partition coefficient (Wildman–Crippen LogP) is 2.12. The van der Waals surface area contributed by atoms with Crippen molar-refractivity contribution in [3.8, 4) is 0 Å². The lowest BCUT2D eigenvalue weighted by Gasteiger charge is -1.99. The molecule has 0 radical (unpaired) electrons. The van der Waals surface area contributed by atoms with Crippen LogP contribution in [0.2, 0.25) is 0 Å². The van der Waals surface area contributed by atoms with E-state index in [-0.39, 0.29) is 0 Å². The molecule has 3 heteroatoms. The first kappa shape index (κ1) is 9.65. The Balaban J connectivity index is 2.18. The standard InChI is InChI=1S/C12H12N2O/c1-9-3-2-4-10(5-9)6-12-13-7-11(8-15)14-12/h2-5,7-8H,6H2,1H3,(H,13,14). The van der Waals surface area contributed by atoms with E-state index >= 15 is 0 Å². The van der Waals surface area contributed by atoms with Crippen molar-refractivity contribution < 1.29 is 4.79 Å². The molecular weight excluding hydrogens is 188 g/mol. The number of carbonyl (C=O) groups excluding carboxylic acids is 1. The molecule has 1 N–H and O–H groups in total. The fourth-order valence-corrected chi connectivity index (χ4v) is 1.54. The van der Waals surface area contributed by atoms with Gasteiger partial charge in [0.2, 0.25) is 0 Å². The summed E-state index contributed by atoms with van der Waals surface area (Å²) in [5, 5.41) is 0. The van der Waals surface area contributed by atoms with Gasteiger partial charge in [0.05, 0.1) is 11.9 Å². The number of imidazole rings is 1. The van der Waals surface area contributed by atoms with E-state index in [1.54, 1.807) is 6.20 Å². The van der Waals surface area contributed by atoms with Crippen LogP contribution in [0.15, 0.2) is 30.5 Å². The van der Waals surface area contributed by atoms with Crippen LogP contribution in [-0.4, -0.2) is 16.3 Å². The van der Waals surface area contributed by atoms with E-state index in [0.717, 1.165) is 18.5 Å². The molecule has 0 unspecified atom stereocenters. The zero-order chi connectivity index (χ0) is 10.7. The quantitative estimate of drug-likeness (QED) is 0.771. The number of aldehydes is 1. The number of nitrogens with zero attached hydrogens (tertiary/aromatic N) is 1. The van der Waals surface area contributed by atoms with E-state index in [9.17, 15) is 4.79 Å². The third-order valence-electron chi connectivity index (χ3n) is 2.23. The Labute approximate surface area is 88.2 Å². The molecule has 0 bridgehead atoms. The molecule has 1 aromatic carbocycles.